The predicted molar refractivity (Wildman–Crippen MR) is 61.2 cm³/mol. The Morgan fingerprint density at radius 2 is 2.00 bits per heavy atom. The Bertz CT molecular complexity index is 560. The van der Waals surface area contributed by atoms with Crippen LogP contribution in [0.5, 0.6) is 11.6 Å². The maximum Gasteiger partial charge on any atom is 0.247 e. The minimum Gasteiger partial charge on any atom is -0.494 e. The lowest BCUT2D eigenvalue weighted by molar-refractivity contribution is 0.376. The number of hydrogen-bond acceptors (Lipinski definition) is 5. The van der Waals surface area contributed by atoms with Crippen LogP contribution in [-0.2, 0) is 0 Å². The zero-order valence-corrected chi connectivity index (χ0v) is 9.43. The van der Waals surface area contributed by atoms with Gasteiger partial charge in [-0.3, -0.25) is 4.79 Å². The second kappa shape index (κ2) is 4.65. The van der Waals surface area contributed by atoms with Gasteiger partial charge in [0.1, 0.15) is 5.69 Å². The topological polar surface area (TPSA) is 77.1 Å². The van der Waals surface area contributed by atoms with Gasteiger partial charge in [-0.05, 0) is 6.07 Å². The molecule has 0 aliphatic heterocycles. The number of hydrogen-bond donors (Lipinski definition) is 1. The van der Waals surface area contributed by atoms with Crippen molar-refractivity contribution >= 4 is 0 Å². The first-order valence-electron chi connectivity index (χ1n) is 4.89. The Hall–Kier alpha value is -2.37. The van der Waals surface area contributed by atoms with Crippen molar-refractivity contribution in [3.05, 3.63) is 34.7 Å². The van der Waals surface area contributed by atoms with Gasteiger partial charge in [-0.1, -0.05) is 0 Å². The summed E-state index contributed by atoms with van der Waals surface area (Å²) >= 11 is 0. The highest BCUT2D eigenvalue weighted by molar-refractivity contribution is 5.65. The second-order valence-electron chi connectivity index (χ2n) is 3.25. The lowest BCUT2D eigenvalue weighted by Gasteiger charge is -2.07. The van der Waals surface area contributed by atoms with Gasteiger partial charge in [0, 0.05) is 23.9 Å². The van der Waals surface area contributed by atoms with E-state index in [1.165, 1.54) is 20.3 Å². The van der Waals surface area contributed by atoms with Gasteiger partial charge in [-0.25, -0.2) is 0 Å². The van der Waals surface area contributed by atoms with E-state index >= 15 is 0 Å². The molecule has 1 N–H and O–H groups in total. The van der Waals surface area contributed by atoms with Crippen molar-refractivity contribution in [3.63, 3.8) is 0 Å². The summed E-state index contributed by atoms with van der Waals surface area (Å²) in [6, 6.07) is 4.70. The predicted octanol–water partition coefficient (Wildman–Crippen LogP) is 0.849. The van der Waals surface area contributed by atoms with Crippen LogP contribution in [0, 0.1) is 0 Å². The molecular weight excluding hydrogens is 222 g/mol. The first-order valence-corrected chi connectivity index (χ1v) is 4.89. The fraction of sp³-hybridized carbons (Fsp3) is 0.182. The van der Waals surface area contributed by atoms with Gasteiger partial charge in [0.05, 0.1) is 14.2 Å². The van der Waals surface area contributed by atoms with E-state index in [1.807, 2.05) is 0 Å². The zero-order valence-electron chi connectivity index (χ0n) is 9.43. The molecule has 0 unspecified atom stereocenters. The third kappa shape index (κ3) is 2.25. The summed E-state index contributed by atoms with van der Waals surface area (Å²) in [5, 5.41) is 7.86. The van der Waals surface area contributed by atoms with Crippen LogP contribution in [0.2, 0.25) is 0 Å². The molecule has 0 amide bonds. The number of pyridine rings is 1. The molecule has 17 heavy (non-hydrogen) atoms. The van der Waals surface area contributed by atoms with Gasteiger partial charge in [-0.15, -0.1) is 10.2 Å². The quantitative estimate of drug-likeness (QED) is 0.850. The summed E-state index contributed by atoms with van der Waals surface area (Å²) in [5.41, 5.74) is 1.09. The van der Waals surface area contributed by atoms with E-state index in [0.717, 1.165) is 5.56 Å². The van der Waals surface area contributed by atoms with Crippen molar-refractivity contribution in [2.45, 2.75) is 0 Å². The minimum atomic E-state index is -0.172. The van der Waals surface area contributed by atoms with Crippen LogP contribution in [0.4, 0.5) is 0 Å². The van der Waals surface area contributed by atoms with E-state index in [4.69, 9.17) is 9.47 Å². The normalized spacial score (nSPS) is 10.0. The van der Waals surface area contributed by atoms with Crippen molar-refractivity contribution in [1.82, 2.24) is 15.2 Å². The second-order valence-corrected chi connectivity index (χ2v) is 3.25. The Kier molecular flexibility index (Phi) is 3.04. The zero-order chi connectivity index (χ0) is 12.3. The molecule has 6 nitrogen and oxygen atoms in total. The van der Waals surface area contributed by atoms with E-state index in [9.17, 15) is 4.79 Å². The summed E-state index contributed by atoms with van der Waals surface area (Å²) in [6.45, 7) is 0. The average molecular weight is 233 g/mol. The number of methoxy groups -OCH3 is 2. The largest absolute Gasteiger partial charge is 0.494 e. The highest BCUT2D eigenvalue weighted by Crippen LogP contribution is 2.28. The molecular formula is C11H11N3O3. The third-order valence-corrected chi connectivity index (χ3v) is 2.22. The number of ether oxygens (including phenoxy) is 2. The monoisotopic (exact) mass is 233 g/mol. The molecule has 2 aromatic heterocycles. The van der Waals surface area contributed by atoms with Crippen LogP contribution in [0.3, 0.4) is 0 Å². The fourth-order valence-corrected chi connectivity index (χ4v) is 1.37. The van der Waals surface area contributed by atoms with Gasteiger partial charge < -0.3 is 14.5 Å². The molecule has 0 aliphatic carbocycles. The summed E-state index contributed by atoms with van der Waals surface area (Å²) in [4.78, 5) is 13.5. The third-order valence-electron chi connectivity index (χ3n) is 2.22. The molecule has 6 heteroatoms. The summed E-state index contributed by atoms with van der Waals surface area (Å²) in [5.74, 6) is 0.902. The number of aromatic nitrogens is 3. The first kappa shape index (κ1) is 11.1. The molecule has 0 aliphatic rings. The van der Waals surface area contributed by atoms with E-state index in [1.54, 1.807) is 18.3 Å². The average Bonchev–Trinajstić information content (AvgIpc) is 2.39. The van der Waals surface area contributed by atoms with E-state index in [-0.39, 0.29) is 5.56 Å². The minimum absolute atomic E-state index is 0.172. The maximum absolute atomic E-state index is 11.0. The van der Waals surface area contributed by atoms with Crippen LogP contribution in [-0.4, -0.2) is 29.4 Å². The van der Waals surface area contributed by atoms with Crippen LogP contribution < -0.4 is 15.0 Å². The molecule has 2 heterocycles. The molecule has 0 saturated carbocycles. The van der Waals surface area contributed by atoms with Crippen molar-refractivity contribution in [3.8, 4) is 22.9 Å². The summed E-state index contributed by atoms with van der Waals surface area (Å²) < 4.78 is 10.2. The van der Waals surface area contributed by atoms with E-state index in [0.29, 0.717) is 17.3 Å². The lowest BCUT2D eigenvalue weighted by atomic mass is 10.2. The van der Waals surface area contributed by atoms with Crippen molar-refractivity contribution in [1.29, 1.82) is 0 Å². The molecule has 0 saturated heterocycles. The molecule has 0 atom stereocenters. The Morgan fingerprint density at radius 3 is 2.59 bits per heavy atom. The fourth-order valence-electron chi connectivity index (χ4n) is 1.37. The highest BCUT2D eigenvalue weighted by atomic mass is 16.5. The Labute approximate surface area is 97.2 Å². The van der Waals surface area contributed by atoms with Gasteiger partial charge in [0.2, 0.25) is 11.4 Å². The number of nitrogens with one attached hydrogen (secondary N) is 1. The van der Waals surface area contributed by atoms with E-state index < -0.39 is 0 Å². The molecule has 0 spiro atoms. The van der Waals surface area contributed by atoms with Gasteiger partial charge in [0.25, 0.3) is 0 Å². The molecule has 2 aromatic rings. The highest BCUT2D eigenvalue weighted by Gasteiger charge is 2.10. The standard InChI is InChI=1S/C11H11N3O3/c1-16-8-5-10(17-2)13-14-11(8)7-3-4-9(15)12-6-7/h3-6H,1-2H3,(H,12,15). The number of H-pyrrole nitrogens is 1. The van der Waals surface area contributed by atoms with Crippen molar-refractivity contribution in [2.24, 2.45) is 0 Å². The molecule has 0 fully saturated rings. The van der Waals surface area contributed by atoms with Crippen LogP contribution in [0.1, 0.15) is 0 Å². The van der Waals surface area contributed by atoms with Gasteiger partial charge in [0.15, 0.2) is 5.75 Å². The molecule has 0 bridgehead atoms. The Morgan fingerprint density at radius 1 is 1.18 bits per heavy atom. The van der Waals surface area contributed by atoms with Crippen LogP contribution >= 0.6 is 0 Å². The Balaban J connectivity index is 2.51. The van der Waals surface area contributed by atoms with Crippen LogP contribution in [0.25, 0.3) is 11.3 Å². The number of nitrogens with zero attached hydrogens (tertiary/aromatic N) is 2. The smallest absolute Gasteiger partial charge is 0.247 e. The van der Waals surface area contributed by atoms with Crippen molar-refractivity contribution < 1.29 is 9.47 Å². The first-order chi connectivity index (χ1) is 8.24. The lowest BCUT2D eigenvalue weighted by Crippen LogP contribution is -2.03. The molecule has 0 radical (unpaired) electrons. The molecule has 88 valence electrons. The van der Waals surface area contributed by atoms with E-state index in [2.05, 4.69) is 15.2 Å². The molecule has 2 rings (SSSR count). The van der Waals surface area contributed by atoms with Gasteiger partial charge in [-0.2, -0.15) is 0 Å². The number of rotatable bonds is 3. The summed E-state index contributed by atoms with van der Waals surface area (Å²) in [7, 11) is 3.04. The van der Waals surface area contributed by atoms with Gasteiger partial charge >= 0.3 is 0 Å². The van der Waals surface area contributed by atoms with Crippen molar-refractivity contribution in [2.75, 3.05) is 14.2 Å². The summed E-state index contributed by atoms with van der Waals surface area (Å²) in [6.07, 6.45) is 1.56. The SMILES string of the molecule is COc1cc(OC)c(-c2ccc(=O)[nH]c2)nn1. The maximum atomic E-state index is 11.0. The molecule has 0 aromatic carbocycles. The van der Waals surface area contributed by atoms with Crippen LogP contribution in [0.15, 0.2) is 29.2 Å². The number of aromatic amines is 1.